The van der Waals surface area contributed by atoms with Gasteiger partial charge in [0.05, 0.1) is 25.8 Å². The molecule has 1 N–H and O–H groups in total. The van der Waals surface area contributed by atoms with Crippen LogP contribution in [-0.2, 0) is 20.0 Å². The van der Waals surface area contributed by atoms with E-state index in [4.69, 9.17) is 21.1 Å². The summed E-state index contributed by atoms with van der Waals surface area (Å²) in [6, 6.07) is 7.93. The summed E-state index contributed by atoms with van der Waals surface area (Å²) >= 11 is 6.06. The highest BCUT2D eigenvalue weighted by Crippen LogP contribution is 2.27. The average molecular weight is 507 g/mol. The molecule has 0 saturated heterocycles. The van der Waals surface area contributed by atoms with Gasteiger partial charge < -0.3 is 24.3 Å². The molecule has 0 fully saturated rings. The maximum Gasteiger partial charge on any atom is 0.193 e. The molecule has 0 aliphatic carbocycles. The lowest BCUT2D eigenvalue weighted by Gasteiger charge is -2.22. The number of rotatable bonds is 7. The molecule has 150 valence electrons. The van der Waals surface area contributed by atoms with Crippen molar-refractivity contribution in [2.24, 2.45) is 12.0 Å². The lowest BCUT2D eigenvalue weighted by atomic mass is 10.1. The number of nitrogens with zero attached hydrogens (tertiary/aromatic N) is 3. The minimum Gasteiger partial charge on any atom is -0.493 e. The molecular weight excluding hydrogens is 479 g/mol. The van der Waals surface area contributed by atoms with E-state index in [9.17, 15) is 0 Å². The van der Waals surface area contributed by atoms with Gasteiger partial charge in [-0.25, -0.2) is 0 Å². The van der Waals surface area contributed by atoms with Crippen molar-refractivity contribution < 1.29 is 9.47 Å². The van der Waals surface area contributed by atoms with Crippen LogP contribution >= 0.6 is 35.6 Å². The van der Waals surface area contributed by atoms with Crippen molar-refractivity contribution in [1.82, 2.24) is 14.8 Å². The van der Waals surface area contributed by atoms with Crippen molar-refractivity contribution in [3.8, 4) is 11.5 Å². The summed E-state index contributed by atoms with van der Waals surface area (Å²) in [4.78, 5) is 6.43. The van der Waals surface area contributed by atoms with Crippen molar-refractivity contribution in [1.29, 1.82) is 0 Å². The first kappa shape index (κ1) is 23.4. The zero-order valence-corrected chi connectivity index (χ0v) is 19.5. The van der Waals surface area contributed by atoms with E-state index in [2.05, 4.69) is 15.2 Å². The van der Waals surface area contributed by atoms with Gasteiger partial charge in [0.25, 0.3) is 0 Å². The van der Waals surface area contributed by atoms with Crippen molar-refractivity contribution in [2.75, 3.05) is 34.9 Å². The van der Waals surface area contributed by atoms with E-state index in [-0.39, 0.29) is 24.0 Å². The van der Waals surface area contributed by atoms with Gasteiger partial charge in [0.2, 0.25) is 0 Å². The molecular formula is C19H28ClIN4O2. The number of guanidine groups is 1. The number of hydrogen-bond donors (Lipinski definition) is 1. The summed E-state index contributed by atoms with van der Waals surface area (Å²) in [6.45, 7) is 1.49. The number of aryl methyl sites for hydroxylation is 1. The van der Waals surface area contributed by atoms with Gasteiger partial charge in [0.1, 0.15) is 0 Å². The Bertz CT molecular complexity index is 764. The van der Waals surface area contributed by atoms with Gasteiger partial charge in [0, 0.05) is 39.6 Å². The third-order valence-electron chi connectivity index (χ3n) is 4.19. The van der Waals surface area contributed by atoms with Gasteiger partial charge in [-0.3, -0.25) is 4.99 Å². The van der Waals surface area contributed by atoms with E-state index in [0.717, 1.165) is 47.7 Å². The number of hydrogen-bond acceptors (Lipinski definition) is 3. The van der Waals surface area contributed by atoms with Crippen LogP contribution in [0.5, 0.6) is 11.5 Å². The fraction of sp³-hybridized carbons (Fsp3) is 0.421. The molecule has 2 aromatic rings. The molecule has 8 heteroatoms. The fourth-order valence-corrected chi connectivity index (χ4v) is 3.05. The lowest BCUT2D eigenvalue weighted by molar-refractivity contribution is 0.354. The van der Waals surface area contributed by atoms with Gasteiger partial charge in [-0.05, 0) is 30.2 Å². The first-order chi connectivity index (χ1) is 12.5. The van der Waals surface area contributed by atoms with Crippen LogP contribution < -0.4 is 14.8 Å². The monoisotopic (exact) mass is 506 g/mol. The molecule has 6 nitrogen and oxygen atoms in total. The molecule has 0 amide bonds. The zero-order chi connectivity index (χ0) is 19.1. The summed E-state index contributed by atoms with van der Waals surface area (Å²) < 4.78 is 12.6. The smallest absolute Gasteiger partial charge is 0.193 e. The Hall–Kier alpha value is -1.61. The van der Waals surface area contributed by atoms with E-state index in [1.807, 2.05) is 49.1 Å². The van der Waals surface area contributed by atoms with Gasteiger partial charge in [0.15, 0.2) is 17.5 Å². The van der Waals surface area contributed by atoms with E-state index < -0.39 is 0 Å². The van der Waals surface area contributed by atoms with E-state index in [0.29, 0.717) is 0 Å². The summed E-state index contributed by atoms with van der Waals surface area (Å²) in [6.07, 6.45) is 2.75. The second-order valence-electron chi connectivity index (χ2n) is 6.03. The Morgan fingerprint density at radius 2 is 1.93 bits per heavy atom. The van der Waals surface area contributed by atoms with Crippen LogP contribution in [0.25, 0.3) is 0 Å². The van der Waals surface area contributed by atoms with Crippen molar-refractivity contribution in [3.63, 3.8) is 0 Å². The predicted molar refractivity (Wildman–Crippen MR) is 122 cm³/mol. The lowest BCUT2D eigenvalue weighted by Crippen LogP contribution is -2.39. The van der Waals surface area contributed by atoms with Crippen LogP contribution in [0.4, 0.5) is 0 Å². The predicted octanol–water partition coefficient (Wildman–Crippen LogP) is 3.56. The molecule has 1 heterocycles. The average Bonchev–Trinajstić information content (AvgIpc) is 2.95. The van der Waals surface area contributed by atoms with Crippen LogP contribution in [0.2, 0.25) is 5.02 Å². The van der Waals surface area contributed by atoms with E-state index >= 15 is 0 Å². The Morgan fingerprint density at radius 1 is 1.22 bits per heavy atom. The molecule has 27 heavy (non-hydrogen) atoms. The second-order valence-corrected chi connectivity index (χ2v) is 6.47. The molecule has 2 rings (SSSR count). The number of nitrogens with one attached hydrogen (secondary N) is 1. The zero-order valence-electron chi connectivity index (χ0n) is 16.5. The van der Waals surface area contributed by atoms with Crippen LogP contribution in [-0.4, -0.2) is 50.3 Å². The largest absolute Gasteiger partial charge is 0.493 e. The molecule has 0 bridgehead atoms. The molecule has 0 atom stereocenters. The first-order valence-electron chi connectivity index (χ1n) is 8.42. The number of aromatic nitrogens is 1. The molecule has 0 spiro atoms. The Morgan fingerprint density at radius 3 is 2.48 bits per heavy atom. The quantitative estimate of drug-likeness (QED) is 0.354. The molecule has 0 saturated carbocycles. The molecule has 0 unspecified atom stereocenters. The fourth-order valence-electron chi connectivity index (χ4n) is 2.78. The van der Waals surface area contributed by atoms with Crippen molar-refractivity contribution >= 4 is 41.5 Å². The van der Waals surface area contributed by atoms with Crippen LogP contribution in [0.1, 0.15) is 11.3 Å². The second kappa shape index (κ2) is 11.3. The van der Waals surface area contributed by atoms with Gasteiger partial charge in [-0.2, -0.15) is 0 Å². The summed E-state index contributed by atoms with van der Waals surface area (Å²) in [5.74, 6) is 2.32. The molecule has 0 radical (unpaired) electrons. The van der Waals surface area contributed by atoms with Crippen LogP contribution in [0.3, 0.4) is 0 Å². The SMILES string of the molecule is CN=C(NCCc1ccc(OC)c(OC)c1)N(C)Cc1cc(Cl)cn1C.I. The minimum absolute atomic E-state index is 0. The molecule has 0 aliphatic rings. The van der Waals surface area contributed by atoms with Gasteiger partial charge in [-0.15, -0.1) is 24.0 Å². The number of methoxy groups -OCH3 is 2. The third kappa shape index (κ3) is 6.49. The van der Waals surface area contributed by atoms with Crippen LogP contribution in [0.15, 0.2) is 35.5 Å². The minimum atomic E-state index is 0. The maximum absolute atomic E-state index is 6.06. The third-order valence-corrected chi connectivity index (χ3v) is 4.40. The summed E-state index contributed by atoms with van der Waals surface area (Å²) in [5, 5.41) is 4.13. The summed E-state index contributed by atoms with van der Waals surface area (Å²) in [5.41, 5.74) is 2.29. The number of aliphatic imine (C=N–C) groups is 1. The first-order valence-corrected chi connectivity index (χ1v) is 8.79. The maximum atomic E-state index is 6.06. The van der Waals surface area contributed by atoms with E-state index in [1.54, 1.807) is 21.3 Å². The highest BCUT2D eigenvalue weighted by atomic mass is 127. The number of ether oxygens (including phenoxy) is 2. The van der Waals surface area contributed by atoms with Crippen LogP contribution in [0, 0.1) is 0 Å². The van der Waals surface area contributed by atoms with Gasteiger partial charge in [-0.1, -0.05) is 17.7 Å². The standard InChI is InChI=1S/C19H27ClN4O2.HI/c1-21-19(24(3)13-16-11-15(20)12-23(16)2)22-9-8-14-6-7-17(25-4)18(10-14)26-5;/h6-7,10-12H,8-9,13H2,1-5H3,(H,21,22);1H. The van der Waals surface area contributed by atoms with Gasteiger partial charge >= 0.3 is 0 Å². The van der Waals surface area contributed by atoms with E-state index in [1.165, 1.54) is 5.56 Å². The topological polar surface area (TPSA) is 51.0 Å². The summed E-state index contributed by atoms with van der Waals surface area (Å²) in [7, 11) is 9.06. The van der Waals surface area contributed by atoms with Crippen molar-refractivity contribution in [2.45, 2.75) is 13.0 Å². The molecule has 0 aliphatic heterocycles. The van der Waals surface area contributed by atoms with Crippen molar-refractivity contribution in [3.05, 3.63) is 46.7 Å². The Labute approximate surface area is 183 Å². The highest BCUT2D eigenvalue weighted by Gasteiger charge is 2.10. The normalized spacial score (nSPS) is 11.0. The molecule has 1 aromatic heterocycles. The number of benzene rings is 1. The Balaban J connectivity index is 0.00000364. The number of halogens is 2. The molecule has 1 aromatic carbocycles. The highest BCUT2D eigenvalue weighted by molar-refractivity contribution is 14.0. The Kier molecular flexibility index (Phi) is 9.79.